The molecule has 1 aliphatic rings. The molecule has 1 unspecified atom stereocenters. The van der Waals surface area contributed by atoms with Crippen molar-refractivity contribution in [1.82, 2.24) is 4.57 Å². The number of ether oxygens (including phenoxy) is 1. The van der Waals surface area contributed by atoms with Crippen LogP contribution < -0.4 is 16.3 Å². The van der Waals surface area contributed by atoms with Crippen LogP contribution in [0, 0.1) is 0 Å². The average Bonchev–Trinajstić information content (AvgIpc) is 2.88. The minimum Gasteiger partial charge on any atom is -0.465 e. The first-order valence-electron chi connectivity index (χ1n) is 9.56. The average molecular weight is 344 g/mol. The van der Waals surface area contributed by atoms with Gasteiger partial charge in [0, 0.05) is 28.8 Å². The van der Waals surface area contributed by atoms with Gasteiger partial charge < -0.3 is 15.0 Å². The van der Waals surface area contributed by atoms with Gasteiger partial charge in [-0.3, -0.25) is 4.79 Å². The molecule has 0 aliphatic carbocycles. The Labute approximate surface area is 151 Å². The Balaban J connectivity index is 2.57. The maximum atomic E-state index is 12.3. The highest BCUT2D eigenvalue weighted by molar-refractivity contribution is 5.73. The molecule has 4 heteroatoms. The number of hydrogen-bond acceptors (Lipinski definition) is 3. The van der Waals surface area contributed by atoms with E-state index in [1.165, 1.54) is 11.0 Å². The number of fused-ring (bicyclic) bond motifs is 1. The number of hydrogen-bond donors (Lipinski definition) is 1. The fourth-order valence-electron chi connectivity index (χ4n) is 3.39. The second kappa shape index (κ2) is 9.62. The number of esters is 1. The fraction of sp³-hybridized carbons (Fsp3) is 0.571. The molecule has 0 fully saturated rings. The van der Waals surface area contributed by atoms with Crippen LogP contribution in [0.5, 0.6) is 0 Å². The maximum Gasteiger partial charge on any atom is 0.310 e. The Morgan fingerprint density at radius 3 is 2.84 bits per heavy atom. The lowest BCUT2D eigenvalue weighted by atomic mass is 10.0. The van der Waals surface area contributed by atoms with Crippen molar-refractivity contribution in [2.24, 2.45) is 5.73 Å². The monoisotopic (exact) mass is 344 g/mol. The maximum absolute atomic E-state index is 12.3. The van der Waals surface area contributed by atoms with Crippen LogP contribution in [-0.2, 0) is 28.9 Å². The summed E-state index contributed by atoms with van der Waals surface area (Å²) in [4.78, 5) is 12.3. The Morgan fingerprint density at radius 2 is 2.16 bits per heavy atom. The predicted octanol–water partition coefficient (Wildman–Crippen LogP) is 2.19. The number of nitrogens with two attached hydrogens (primary N) is 1. The van der Waals surface area contributed by atoms with Crippen LogP contribution in [-0.4, -0.2) is 23.2 Å². The predicted molar refractivity (Wildman–Crippen MR) is 104 cm³/mol. The van der Waals surface area contributed by atoms with Crippen molar-refractivity contribution in [3.63, 3.8) is 0 Å². The third-order valence-electron chi connectivity index (χ3n) is 4.61. The summed E-state index contributed by atoms with van der Waals surface area (Å²) in [5, 5.41) is 2.37. The van der Waals surface area contributed by atoms with Gasteiger partial charge in [-0.15, -0.1) is 0 Å². The van der Waals surface area contributed by atoms with Crippen molar-refractivity contribution in [3.8, 4) is 0 Å². The highest BCUT2D eigenvalue weighted by atomic mass is 16.5. The standard InChI is InChI=1S/C21H32N2O2/c1-4-7-9-17-18(14-21(24)25-13-6-3)20-12-11-16(22)15-23(20)19(17)10-8-5-2/h4,7,9-10,16H,5-6,8,11-15,22H2,1-3H3/b7-4-,17-9-,19-10-. The molecule has 138 valence electrons. The van der Waals surface area contributed by atoms with Crippen LogP contribution in [0.25, 0.3) is 12.2 Å². The summed E-state index contributed by atoms with van der Waals surface area (Å²) in [5.74, 6) is -0.137. The molecule has 1 aliphatic heterocycles. The Bertz CT molecular complexity index is 728. The molecule has 2 N–H and O–H groups in total. The van der Waals surface area contributed by atoms with Gasteiger partial charge in [0.2, 0.25) is 0 Å². The summed E-state index contributed by atoms with van der Waals surface area (Å²) in [6.07, 6.45) is 13.7. The van der Waals surface area contributed by atoms with Gasteiger partial charge in [-0.05, 0) is 38.2 Å². The Hall–Kier alpha value is -1.81. The summed E-state index contributed by atoms with van der Waals surface area (Å²) < 4.78 is 7.68. The van der Waals surface area contributed by atoms with Gasteiger partial charge in [0.05, 0.1) is 13.0 Å². The van der Waals surface area contributed by atoms with E-state index in [4.69, 9.17) is 10.5 Å². The van der Waals surface area contributed by atoms with Crippen LogP contribution in [0.2, 0.25) is 0 Å². The number of nitrogens with zero attached hydrogens (tertiary/aromatic N) is 1. The smallest absolute Gasteiger partial charge is 0.310 e. The van der Waals surface area contributed by atoms with Crippen LogP contribution in [0.1, 0.15) is 57.7 Å². The van der Waals surface area contributed by atoms with Gasteiger partial charge in [0.25, 0.3) is 0 Å². The lowest BCUT2D eigenvalue weighted by Gasteiger charge is -2.22. The van der Waals surface area contributed by atoms with E-state index in [9.17, 15) is 4.79 Å². The molecule has 0 bridgehead atoms. The quantitative estimate of drug-likeness (QED) is 0.772. The van der Waals surface area contributed by atoms with E-state index < -0.39 is 0 Å². The van der Waals surface area contributed by atoms with Crippen LogP contribution in [0.4, 0.5) is 0 Å². The van der Waals surface area contributed by atoms with E-state index in [0.29, 0.717) is 13.0 Å². The lowest BCUT2D eigenvalue weighted by Crippen LogP contribution is -2.38. The molecule has 25 heavy (non-hydrogen) atoms. The Morgan fingerprint density at radius 1 is 1.36 bits per heavy atom. The zero-order valence-corrected chi connectivity index (χ0v) is 15.9. The van der Waals surface area contributed by atoms with Crippen LogP contribution in [0.3, 0.4) is 0 Å². The van der Waals surface area contributed by atoms with Crippen molar-refractivity contribution >= 4 is 18.1 Å². The molecule has 1 aromatic rings. The first-order chi connectivity index (χ1) is 12.1. The molecule has 0 aromatic carbocycles. The van der Waals surface area contributed by atoms with Crippen LogP contribution in [0.15, 0.2) is 12.2 Å². The molecule has 0 radical (unpaired) electrons. The second-order valence-electron chi connectivity index (χ2n) is 6.72. The SMILES string of the molecule is C\C=C/C=c1/c(CC(=O)OCCC)c2n(/c1=C\CCC)CC(N)CC2. The first-order valence-corrected chi connectivity index (χ1v) is 9.56. The molecule has 4 nitrogen and oxygen atoms in total. The number of carbonyl (C=O) groups is 1. The topological polar surface area (TPSA) is 57.2 Å². The number of unbranched alkanes of at least 4 members (excludes halogenated alkanes) is 1. The lowest BCUT2D eigenvalue weighted by molar-refractivity contribution is -0.142. The van der Waals surface area contributed by atoms with Crippen molar-refractivity contribution in [3.05, 3.63) is 34.0 Å². The van der Waals surface area contributed by atoms with E-state index in [1.54, 1.807) is 0 Å². The molecular formula is C21H32N2O2. The van der Waals surface area contributed by atoms with Gasteiger partial charge in [-0.1, -0.05) is 44.6 Å². The first kappa shape index (κ1) is 19.5. The minimum atomic E-state index is -0.137. The summed E-state index contributed by atoms with van der Waals surface area (Å²) in [6, 6.07) is 0.183. The van der Waals surface area contributed by atoms with Gasteiger partial charge in [0.1, 0.15) is 0 Å². The largest absolute Gasteiger partial charge is 0.465 e. The van der Waals surface area contributed by atoms with Crippen molar-refractivity contribution in [2.45, 2.75) is 71.9 Å². The number of carbonyl (C=O) groups excluding carboxylic acids is 1. The molecule has 1 atom stereocenters. The Kier molecular flexibility index (Phi) is 7.51. The van der Waals surface area contributed by atoms with Gasteiger partial charge in [-0.25, -0.2) is 0 Å². The van der Waals surface area contributed by atoms with E-state index in [-0.39, 0.29) is 12.0 Å². The molecule has 2 heterocycles. The van der Waals surface area contributed by atoms with Crippen molar-refractivity contribution < 1.29 is 9.53 Å². The van der Waals surface area contributed by atoms with E-state index >= 15 is 0 Å². The third-order valence-corrected chi connectivity index (χ3v) is 4.61. The van der Waals surface area contributed by atoms with Gasteiger partial charge >= 0.3 is 5.97 Å². The summed E-state index contributed by atoms with van der Waals surface area (Å²) in [6.45, 7) is 7.51. The number of aromatic nitrogens is 1. The zero-order valence-electron chi connectivity index (χ0n) is 15.9. The van der Waals surface area contributed by atoms with Crippen LogP contribution >= 0.6 is 0 Å². The molecule has 0 saturated carbocycles. The molecule has 1 aromatic heterocycles. The fourth-order valence-corrected chi connectivity index (χ4v) is 3.39. The molecule has 0 spiro atoms. The number of allylic oxidation sites excluding steroid dienone is 2. The molecule has 2 rings (SSSR count). The summed E-state index contributed by atoms with van der Waals surface area (Å²) >= 11 is 0. The summed E-state index contributed by atoms with van der Waals surface area (Å²) in [7, 11) is 0. The zero-order chi connectivity index (χ0) is 18.2. The van der Waals surface area contributed by atoms with E-state index in [2.05, 4.69) is 23.6 Å². The second-order valence-corrected chi connectivity index (χ2v) is 6.72. The highest BCUT2D eigenvalue weighted by Crippen LogP contribution is 2.16. The van der Waals surface area contributed by atoms with E-state index in [0.717, 1.165) is 49.4 Å². The third kappa shape index (κ3) is 4.85. The summed E-state index contributed by atoms with van der Waals surface area (Å²) in [5.41, 5.74) is 8.60. The minimum absolute atomic E-state index is 0.137. The van der Waals surface area contributed by atoms with Gasteiger partial charge in [-0.2, -0.15) is 0 Å². The molecule has 0 saturated heterocycles. The normalized spacial score (nSPS) is 18.8. The number of rotatable bonds is 7. The molecule has 0 amide bonds. The highest BCUT2D eigenvalue weighted by Gasteiger charge is 2.23. The molecular weight excluding hydrogens is 312 g/mol. The van der Waals surface area contributed by atoms with E-state index in [1.807, 2.05) is 26.0 Å². The van der Waals surface area contributed by atoms with Crippen molar-refractivity contribution in [2.75, 3.05) is 6.61 Å². The van der Waals surface area contributed by atoms with Crippen molar-refractivity contribution in [1.29, 1.82) is 0 Å². The van der Waals surface area contributed by atoms with Gasteiger partial charge in [0.15, 0.2) is 0 Å².